The van der Waals surface area contributed by atoms with Gasteiger partial charge in [-0.2, -0.15) is 5.26 Å². The Kier molecular flexibility index (Phi) is 4.67. The van der Waals surface area contributed by atoms with Crippen molar-refractivity contribution >= 4 is 17.3 Å². The molecule has 2 aromatic rings. The number of nitriles is 1. The van der Waals surface area contributed by atoms with E-state index in [1.165, 1.54) is 6.20 Å². The average molecular weight is 278 g/mol. The average Bonchev–Trinajstić information content (AvgIpc) is 2.53. The van der Waals surface area contributed by atoms with Gasteiger partial charge >= 0.3 is 0 Å². The van der Waals surface area contributed by atoms with Crippen molar-refractivity contribution in [3.63, 3.8) is 0 Å². The fourth-order valence-electron chi connectivity index (χ4n) is 1.74. The number of nitrogens with one attached hydrogen (secondary N) is 2. The first-order chi connectivity index (χ1) is 10.2. The van der Waals surface area contributed by atoms with Gasteiger partial charge in [-0.3, -0.25) is 9.78 Å². The Hall–Kier alpha value is -3.13. The minimum absolute atomic E-state index is 0.223. The number of hydrogen-bond donors (Lipinski definition) is 2. The predicted molar refractivity (Wildman–Crippen MR) is 81.2 cm³/mol. The number of hydrogen-bond acceptors (Lipinski definition) is 4. The van der Waals surface area contributed by atoms with Crippen LogP contribution in [-0.2, 0) is 0 Å². The molecule has 0 saturated carbocycles. The molecule has 0 aliphatic heterocycles. The minimum atomic E-state index is -0.223. The van der Waals surface area contributed by atoms with Crippen molar-refractivity contribution in [3.8, 4) is 6.07 Å². The molecule has 1 heterocycles. The summed E-state index contributed by atoms with van der Waals surface area (Å²) in [4.78, 5) is 15.9. The topological polar surface area (TPSA) is 77.8 Å². The molecule has 2 rings (SSSR count). The molecule has 1 aromatic heterocycles. The maximum Gasteiger partial charge on any atom is 0.253 e. The van der Waals surface area contributed by atoms with Crippen LogP contribution in [-0.4, -0.2) is 17.4 Å². The van der Waals surface area contributed by atoms with Crippen LogP contribution in [0.25, 0.3) is 0 Å². The van der Waals surface area contributed by atoms with Crippen LogP contribution in [0.3, 0.4) is 0 Å². The lowest BCUT2D eigenvalue weighted by atomic mass is 10.2. The van der Waals surface area contributed by atoms with Crippen LogP contribution in [0.4, 0.5) is 11.4 Å². The van der Waals surface area contributed by atoms with E-state index in [0.717, 1.165) is 0 Å². The molecule has 0 unspecified atom stereocenters. The highest BCUT2D eigenvalue weighted by Gasteiger charge is 2.07. The maximum atomic E-state index is 11.9. The Bertz CT molecular complexity index is 703. The Morgan fingerprint density at radius 2 is 2.19 bits per heavy atom. The van der Waals surface area contributed by atoms with Gasteiger partial charge in [0.15, 0.2) is 0 Å². The number of aromatic nitrogens is 1. The monoisotopic (exact) mass is 278 g/mol. The largest absolute Gasteiger partial charge is 0.353 e. The third-order valence-corrected chi connectivity index (χ3v) is 2.73. The highest BCUT2D eigenvalue weighted by atomic mass is 16.1. The molecule has 0 fully saturated rings. The molecule has 1 amide bonds. The van der Waals surface area contributed by atoms with Crippen LogP contribution >= 0.6 is 0 Å². The van der Waals surface area contributed by atoms with Crippen LogP contribution in [0.5, 0.6) is 0 Å². The van der Waals surface area contributed by atoms with Crippen molar-refractivity contribution < 1.29 is 4.79 Å². The minimum Gasteiger partial charge on any atom is -0.353 e. The molecular formula is C16H14N4O. The van der Waals surface area contributed by atoms with Crippen molar-refractivity contribution in [2.24, 2.45) is 0 Å². The third-order valence-electron chi connectivity index (χ3n) is 2.73. The standard InChI is InChI=1S/C16H14N4O/c1-2-7-19-16(21)13-8-14(11-18-10-13)20-15-6-4-3-5-12(15)9-17/h2-6,8,10-11,20H,1,7H2,(H,19,21). The Morgan fingerprint density at radius 3 is 2.95 bits per heavy atom. The fourth-order valence-corrected chi connectivity index (χ4v) is 1.74. The molecule has 0 spiro atoms. The Morgan fingerprint density at radius 1 is 1.38 bits per heavy atom. The van der Waals surface area contributed by atoms with Crippen molar-refractivity contribution in [3.05, 3.63) is 66.5 Å². The molecule has 0 aliphatic carbocycles. The molecule has 2 N–H and O–H groups in total. The first-order valence-electron chi connectivity index (χ1n) is 6.35. The van der Waals surface area contributed by atoms with Crippen LogP contribution in [0.1, 0.15) is 15.9 Å². The number of anilines is 2. The highest BCUT2D eigenvalue weighted by Crippen LogP contribution is 2.20. The Labute approximate surface area is 122 Å². The van der Waals surface area contributed by atoms with Gasteiger partial charge in [0, 0.05) is 12.7 Å². The van der Waals surface area contributed by atoms with E-state index in [1.807, 2.05) is 6.07 Å². The SMILES string of the molecule is C=CCNC(=O)c1cncc(Nc2ccccc2C#N)c1. The van der Waals surface area contributed by atoms with E-state index in [2.05, 4.69) is 28.3 Å². The number of nitrogens with zero attached hydrogens (tertiary/aromatic N) is 2. The van der Waals surface area contributed by atoms with E-state index in [4.69, 9.17) is 5.26 Å². The van der Waals surface area contributed by atoms with Crippen LogP contribution < -0.4 is 10.6 Å². The summed E-state index contributed by atoms with van der Waals surface area (Å²) < 4.78 is 0. The smallest absolute Gasteiger partial charge is 0.253 e. The van der Waals surface area contributed by atoms with Gasteiger partial charge in [0.25, 0.3) is 5.91 Å². The van der Waals surface area contributed by atoms with Crippen LogP contribution in [0.15, 0.2) is 55.4 Å². The van der Waals surface area contributed by atoms with Crippen molar-refractivity contribution in [2.45, 2.75) is 0 Å². The van der Waals surface area contributed by atoms with Crippen LogP contribution in [0, 0.1) is 11.3 Å². The molecule has 0 atom stereocenters. The zero-order valence-electron chi connectivity index (χ0n) is 11.3. The number of para-hydroxylation sites is 1. The van der Waals surface area contributed by atoms with E-state index >= 15 is 0 Å². The lowest BCUT2D eigenvalue weighted by molar-refractivity contribution is 0.0957. The van der Waals surface area contributed by atoms with Gasteiger partial charge in [0.1, 0.15) is 6.07 Å². The summed E-state index contributed by atoms with van der Waals surface area (Å²) in [6.07, 6.45) is 4.69. The van der Waals surface area contributed by atoms with Crippen molar-refractivity contribution in [1.29, 1.82) is 5.26 Å². The van der Waals surface area contributed by atoms with Gasteiger partial charge in [-0.25, -0.2) is 0 Å². The normalized spacial score (nSPS) is 9.48. The molecule has 0 bridgehead atoms. The number of rotatable bonds is 5. The van der Waals surface area contributed by atoms with Crippen molar-refractivity contribution in [1.82, 2.24) is 10.3 Å². The number of amides is 1. The molecule has 0 saturated heterocycles. The van der Waals surface area contributed by atoms with Crippen LogP contribution in [0.2, 0.25) is 0 Å². The second-order valence-electron chi connectivity index (χ2n) is 4.24. The lowest BCUT2D eigenvalue weighted by Crippen LogP contribution is -2.23. The molecule has 104 valence electrons. The van der Waals surface area contributed by atoms with Gasteiger partial charge in [0.05, 0.1) is 28.7 Å². The summed E-state index contributed by atoms with van der Waals surface area (Å²) in [5.74, 6) is -0.223. The Balaban J connectivity index is 2.20. The lowest BCUT2D eigenvalue weighted by Gasteiger charge is -2.09. The molecular weight excluding hydrogens is 264 g/mol. The van der Waals surface area contributed by atoms with Gasteiger partial charge in [-0.05, 0) is 18.2 Å². The molecule has 5 heteroatoms. The van der Waals surface area contributed by atoms with E-state index in [-0.39, 0.29) is 5.91 Å². The molecule has 1 aromatic carbocycles. The fraction of sp³-hybridized carbons (Fsp3) is 0.0625. The first kappa shape index (κ1) is 14.3. The van der Waals surface area contributed by atoms with E-state index in [1.54, 1.807) is 36.5 Å². The molecule has 21 heavy (non-hydrogen) atoms. The predicted octanol–water partition coefficient (Wildman–Crippen LogP) is 2.61. The zero-order valence-corrected chi connectivity index (χ0v) is 11.3. The number of carbonyl (C=O) groups excluding carboxylic acids is 1. The summed E-state index contributed by atoms with van der Waals surface area (Å²) in [5, 5.41) is 14.8. The van der Waals surface area contributed by atoms with Gasteiger partial charge in [0.2, 0.25) is 0 Å². The van der Waals surface area contributed by atoms with Gasteiger partial charge < -0.3 is 10.6 Å². The third kappa shape index (κ3) is 3.67. The molecule has 0 aliphatic rings. The quantitative estimate of drug-likeness (QED) is 0.824. The number of carbonyl (C=O) groups is 1. The highest BCUT2D eigenvalue weighted by molar-refractivity contribution is 5.95. The molecule has 5 nitrogen and oxygen atoms in total. The first-order valence-corrected chi connectivity index (χ1v) is 6.35. The van der Waals surface area contributed by atoms with Gasteiger partial charge in [-0.15, -0.1) is 6.58 Å². The van der Waals surface area contributed by atoms with E-state index < -0.39 is 0 Å². The summed E-state index contributed by atoms with van der Waals surface area (Å²) in [6, 6.07) is 10.9. The van der Waals surface area contributed by atoms with Gasteiger partial charge in [-0.1, -0.05) is 18.2 Å². The zero-order chi connectivity index (χ0) is 15.1. The summed E-state index contributed by atoms with van der Waals surface area (Å²) in [5.41, 5.74) is 2.28. The second-order valence-corrected chi connectivity index (χ2v) is 4.24. The van der Waals surface area contributed by atoms with E-state index in [9.17, 15) is 4.79 Å². The molecule has 0 radical (unpaired) electrons. The summed E-state index contributed by atoms with van der Waals surface area (Å²) in [6.45, 7) is 3.94. The number of pyridine rings is 1. The summed E-state index contributed by atoms with van der Waals surface area (Å²) in [7, 11) is 0. The van der Waals surface area contributed by atoms with E-state index in [0.29, 0.717) is 29.0 Å². The maximum absolute atomic E-state index is 11.9. The number of benzene rings is 1. The van der Waals surface area contributed by atoms with Crippen molar-refractivity contribution in [2.75, 3.05) is 11.9 Å². The second kappa shape index (κ2) is 6.87. The summed E-state index contributed by atoms with van der Waals surface area (Å²) >= 11 is 0.